The van der Waals surface area contributed by atoms with Crippen LogP contribution in [0.25, 0.3) is 27.4 Å². The van der Waals surface area contributed by atoms with Gasteiger partial charge in [-0.15, -0.1) is 11.6 Å². The maximum Gasteiger partial charge on any atom is 0.477 e. The van der Waals surface area contributed by atoms with Gasteiger partial charge in [-0.2, -0.15) is 23.3 Å². The summed E-state index contributed by atoms with van der Waals surface area (Å²) in [7, 11) is -4.25. The Hall–Kier alpha value is -3.83. The van der Waals surface area contributed by atoms with Crippen LogP contribution in [0.3, 0.4) is 0 Å². The van der Waals surface area contributed by atoms with Gasteiger partial charge in [-0.1, -0.05) is 19.1 Å². The zero-order chi connectivity index (χ0) is 33.4. The molecule has 0 unspecified atom stereocenters. The molecule has 0 saturated heterocycles. The summed E-state index contributed by atoms with van der Waals surface area (Å²) < 4.78 is 74.9. The van der Waals surface area contributed by atoms with Crippen LogP contribution in [0, 0.1) is 6.57 Å². The number of benzene rings is 1. The zero-order valence-corrected chi connectivity index (χ0v) is 26.9. The molecule has 0 aliphatic carbocycles. The predicted molar refractivity (Wildman–Crippen MR) is 160 cm³/mol. The Morgan fingerprint density at radius 3 is 2.27 bits per heavy atom. The molecule has 45 heavy (non-hydrogen) atoms. The van der Waals surface area contributed by atoms with Crippen molar-refractivity contribution in [2.45, 2.75) is 92.1 Å². The van der Waals surface area contributed by atoms with E-state index >= 15 is 0 Å². The molecule has 4 aromatic rings. The molecule has 0 amide bonds. The number of alkyl halides is 3. The first-order chi connectivity index (χ1) is 20.8. The maximum atomic E-state index is 13.8. The van der Waals surface area contributed by atoms with Crippen LogP contribution < -0.4 is 5.56 Å². The normalized spacial score (nSPS) is 13.0. The third-order valence-corrected chi connectivity index (χ3v) is 7.97. The average molecular weight is 650 g/mol. The van der Waals surface area contributed by atoms with Crippen LogP contribution in [-0.4, -0.2) is 40.1 Å². The minimum absolute atomic E-state index is 0.0120. The van der Waals surface area contributed by atoms with Gasteiger partial charge in [0.1, 0.15) is 12.6 Å². The van der Waals surface area contributed by atoms with Gasteiger partial charge in [0, 0.05) is 6.20 Å². The average Bonchev–Trinajstić information content (AvgIpc) is 3.51. The van der Waals surface area contributed by atoms with Crippen molar-refractivity contribution >= 4 is 24.9 Å². The fourth-order valence-corrected chi connectivity index (χ4v) is 6.17. The number of phosphoric acid groups is 1. The summed E-state index contributed by atoms with van der Waals surface area (Å²) in [4.78, 5) is 25.9. The fraction of sp³-hybridized carbons (Fsp3) is 0.483. The van der Waals surface area contributed by atoms with E-state index in [1.807, 2.05) is 6.92 Å². The van der Waals surface area contributed by atoms with Gasteiger partial charge in [0.25, 0.3) is 0 Å². The predicted octanol–water partition coefficient (Wildman–Crippen LogP) is 7.20. The van der Waals surface area contributed by atoms with E-state index in [9.17, 15) is 22.5 Å². The van der Waals surface area contributed by atoms with E-state index in [2.05, 4.69) is 19.9 Å². The number of hydrogen-bond donors (Lipinski definition) is 0. The first-order valence-corrected chi connectivity index (χ1v) is 15.5. The number of rotatable bonds is 10. The number of imidazole rings is 1. The van der Waals surface area contributed by atoms with Gasteiger partial charge in [0.15, 0.2) is 5.52 Å². The molecule has 16 heteroatoms. The van der Waals surface area contributed by atoms with Gasteiger partial charge in [-0.05, 0) is 65.7 Å². The highest BCUT2D eigenvalue weighted by molar-refractivity contribution is 7.48. The Morgan fingerprint density at radius 1 is 1.02 bits per heavy atom. The second-order valence-electron chi connectivity index (χ2n) is 12.3. The third-order valence-electron chi connectivity index (χ3n) is 6.00. The van der Waals surface area contributed by atoms with Crippen LogP contribution in [0.15, 0.2) is 41.5 Å². The molecule has 12 nitrogen and oxygen atoms in total. The second-order valence-corrected chi connectivity index (χ2v) is 13.8. The number of hydrogen-bond acceptors (Lipinski definition) is 8. The fourth-order valence-electron chi connectivity index (χ4n) is 4.43. The van der Waals surface area contributed by atoms with E-state index in [0.29, 0.717) is 17.5 Å². The van der Waals surface area contributed by atoms with E-state index in [1.54, 1.807) is 47.6 Å². The smallest absolute Gasteiger partial charge is 0.396 e. The lowest BCUT2D eigenvalue weighted by Crippen LogP contribution is -2.26. The van der Waals surface area contributed by atoms with Gasteiger partial charge < -0.3 is 4.85 Å². The van der Waals surface area contributed by atoms with E-state index in [-0.39, 0.29) is 36.0 Å². The molecular formula is C29H35F3N7O5P. The van der Waals surface area contributed by atoms with Gasteiger partial charge in [-0.25, -0.2) is 9.36 Å². The molecule has 3 heterocycles. The number of fused-ring (bicyclic) bond motifs is 1. The molecule has 0 atom stereocenters. The second kappa shape index (κ2) is 12.5. The molecule has 4 rings (SSSR count). The minimum atomic E-state index is -4.50. The third kappa shape index (κ3) is 8.26. The maximum absolute atomic E-state index is 13.8. The van der Waals surface area contributed by atoms with Crippen molar-refractivity contribution in [3.63, 3.8) is 0 Å². The molecule has 0 spiro atoms. The van der Waals surface area contributed by atoms with Crippen LogP contribution in [0.1, 0.15) is 66.0 Å². The molecule has 0 radical (unpaired) electrons. The lowest BCUT2D eigenvalue weighted by molar-refractivity contribution is -0.137. The molecule has 3 aromatic heterocycles. The number of phosphoric ester groups is 1. The highest BCUT2D eigenvalue weighted by atomic mass is 31.2. The Balaban J connectivity index is 1.82. The Bertz CT molecular complexity index is 1820. The Labute approximate surface area is 258 Å². The van der Waals surface area contributed by atoms with Crippen molar-refractivity contribution in [3.8, 4) is 11.4 Å². The summed E-state index contributed by atoms with van der Waals surface area (Å²) in [5.41, 5.74) is -2.54. The molecule has 0 saturated carbocycles. The SMILES string of the molecule is [C-]#[N+]c1nc2nc(-c3cnn(Cc4cccc(C(F)(F)F)c4)c3)n(COP(=O)(OC(C)(C)C)OC(C)(C)C)c2c(=O)n1CCC. The lowest BCUT2D eigenvalue weighted by Gasteiger charge is -2.31. The summed E-state index contributed by atoms with van der Waals surface area (Å²) in [6.45, 7) is 19.2. The van der Waals surface area contributed by atoms with E-state index in [1.165, 1.54) is 32.3 Å². The monoisotopic (exact) mass is 649 g/mol. The highest BCUT2D eigenvalue weighted by Gasteiger charge is 2.38. The topological polar surface area (TPSA) is 120 Å². The summed E-state index contributed by atoms with van der Waals surface area (Å²) in [6.07, 6.45) is -0.994. The van der Waals surface area contributed by atoms with E-state index in [0.717, 1.165) is 12.1 Å². The molecule has 0 aliphatic rings. The Morgan fingerprint density at radius 2 is 1.69 bits per heavy atom. The summed E-state index contributed by atoms with van der Waals surface area (Å²) >= 11 is 0. The van der Waals surface area contributed by atoms with Gasteiger partial charge in [0.2, 0.25) is 5.65 Å². The Kier molecular flexibility index (Phi) is 9.47. The molecular weight excluding hydrogens is 614 g/mol. The van der Waals surface area contributed by atoms with Crippen LogP contribution in [-0.2, 0) is 44.1 Å². The van der Waals surface area contributed by atoms with Gasteiger partial charge >= 0.3 is 25.5 Å². The number of halogens is 3. The molecule has 1 aromatic carbocycles. The first kappa shape index (κ1) is 34.1. The number of aromatic nitrogens is 6. The number of nitrogens with zero attached hydrogens (tertiary/aromatic N) is 7. The zero-order valence-electron chi connectivity index (χ0n) is 26.0. The minimum Gasteiger partial charge on any atom is -0.396 e. The van der Waals surface area contributed by atoms with Gasteiger partial charge in [-0.3, -0.25) is 27.4 Å². The lowest BCUT2D eigenvalue weighted by atomic mass is 10.1. The molecule has 0 bridgehead atoms. The molecule has 242 valence electrons. The highest BCUT2D eigenvalue weighted by Crippen LogP contribution is 2.55. The largest absolute Gasteiger partial charge is 0.477 e. The van der Waals surface area contributed by atoms with Crippen molar-refractivity contribution < 1.29 is 31.3 Å². The van der Waals surface area contributed by atoms with Crippen LogP contribution in [0.2, 0.25) is 0 Å². The molecule has 0 aliphatic heterocycles. The quantitative estimate of drug-likeness (QED) is 0.131. The van der Waals surface area contributed by atoms with Crippen LogP contribution >= 0.6 is 7.82 Å². The van der Waals surface area contributed by atoms with Crippen molar-refractivity contribution in [2.75, 3.05) is 0 Å². The first-order valence-electron chi connectivity index (χ1n) is 14.1. The standard InChI is InChI=1S/C29H35F3N7O5P/c1-9-13-38-25(40)22-23(36-26(38)33-8)35-24(39(22)18-42-45(41,43-27(2,3)4)44-28(5,6)7)20-15-34-37(17-20)16-19-11-10-12-21(14-19)29(30,31)32/h10-12,14-15,17H,9,13,16,18H2,1-7H3. The van der Waals surface area contributed by atoms with Crippen molar-refractivity contribution in [1.29, 1.82) is 0 Å². The molecule has 0 N–H and O–H groups in total. The molecule has 0 fully saturated rings. The summed E-state index contributed by atoms with van der Waals surface area (Å²) in [5, 5.41) is 4.28. The van der Waals surface area contributed by atoms with Crippen molar-refractivity contribution in [3.05, 3.63) is 69.6 Å². The van der Waals surface area contributed by atoms with Crippen molar-refractivity contribution in [2.24, 2.45) is 0 Å². The van der Waals surface area contributed by atoms with Crippen LogP contribution in [0.4, 0.5) is 19.1 Å². The van der Waals surface area contributed by atoms with Gasteiger partial charge in [0.05, 0.1) is 41.6 Å². The van der Waals surface area contributed by atoms with Crippen molar-refractivity contribution in [1.82, 2.24) is 28.9 Å². The summed E-state index contributed by atoms with van der Waals surface area (Å²) in [6, 6.07) is 4.90. The van der Waals surface area contributed by atoms with E-state index in [4.69, 9.17) is 20.1 Å². The summed E-state index contributed by atoms with van der Waals surface area (Å²) in [5.74, 6) is -0.0161. The van der Waals surface area contributed by atoms with E-state index < -0.39 is 43.1 Å². The van der Waals surface area contributed by atoms with Crippen LogP contribution in [0.5, 0.6) is 0 Å².